The molecular formula is C42H30N4. The summed E-state index contributed by atoms with van der Waals surface area (Å²) in [5.74, 6) is 0.795. The van der Waals surface area contributed by atoms with Crippen molar-refractivity contribution in [2.24, 2.45) is 0 Å². The second-order valence-electron chi connectivity index (χ2n) is 12.5. The first-order chi connectivity index (χ1) is 22.6. The van der Waals surface area contributed by atoms with Gasteiger partial charge < -0.3 is 0 Å². The zero-order valence-corrected chi connectivity index (χ0v) is 25.6. The number of hydrogen-bond donors (Lipinski definition) is 0. The molecule has 0 unspecified atom stereocenters. The topological polar surface area (TPSA) is 43.6 Å². The van der Waals surface area contributed by atoms with Crippen LogP contribution in [0.5, 0.6) is 0 Å². The smallest absolute Gasteiger partial charge is 0.156 e. The molecule has 1 aliphatic carbocycles. The standard InChI is InChI=1S/C42H30N4/c1-42(2)33-19-11-9-17-30(33)31-21-22-38-40(41(31)42)32-18-10-12-20-37(32)46(38)39-26-43-36(25-44-39)29-23-34(27-13-5-3-6-14-27)45-35(24-29)28-15-7-4-8-16-28/h3-26H,1-2H3. The van der Waals surface area contributed by atoms with Gasteiger partial charge in [0.1, 0.15) is 0 Å². The van der Waals surface area contributed by atoms with E-state index in [2.05, 4.69) is 115 Å². The van der Waals surface area contributed by atoms with Gasteiger partial charge in [-0.2, -0.15) is 0 Å². The lowest BCUT2D eigenvalue weighted by atomic mass is 9.80. The Morgan fingerprint density at radius 3 is 1.87 bits per heavy atom. The monoisotopic (exact) mass is 590 g/mol. The van der Waals surface area contributed by atoms with E-state index < -0.39 is 0 Å². The zero-order valence-electron chi connectivity index (χ0n) is 25.6. The molecule has 0 radical (unpaired) electrons. The Bertz CT molecular complexity index is 2360. The second kappa shape index (κ2) is 10.1. The molecule has 0 amide bonds. The summed E-state index contributed by atoms with van der Waals surface area (Å²) in [5, 5.41) is 2.52. The van der Waals surface area contributed by atoms with Crippen LogP contribution in [-0.4, -0.2) is 19.5 Å². The molecular weight excluding hydrogens is 560 g/mol. The minimum atomic E-state index is -0.121. The maximum atomic E-state index is 5.05. The Kier molecular flexibility index (Phi) is 5.81. The second-order valence-corrected chi connectivity index (χ2v) is 12.5. The fourth-order valence-electron chi connectivity index (χ4n) is 7.36. The van der Waals surface area contributed by atoms with Gasteiger partial charge in [0.25, 0.3) is 0 Å². The molecule has 46 heavy (non-hydrogen) atoms. The lowest BCUT2D eigenvalue weighted by Crippen LogP contribution is -2.15. The molecule has 0 aliphatic heterocycles. The largest absolute Gasteiger partial charge is 0.292 e. The van der Waals surface area contributed by atoms with Crippen LogP contribution in [0.1, 0.15) is 25.0 Å². The first-order valence-electron chi connectivity index (χ1n) is 15.7. The van der Waals surface area contributed by atoms with Crippen molar-refractivity contribution in [2.45, 2.75) is 19.3 Å². The zero-order chi connectivity index (χ0) is 30.8. The number of pyridine rings is 1. The minimum Gasteiger partial charge on any atom is -0.292 e. The van der Waals surface area contributed by atoms with Crippen LogP contribution in [0.4, 0.5) is 0 Å². The van der Waals surface area contributed by atoms with Gasteiger partial charge >= 0.3 is 0 Å². The summed E-state index contributed by atoms with van der Waals surface area (Å²) in [6.07, 6.45) is 3.79. The fourth-order valence-corrected chi connectivity index (χ4v) is 7.36. The van der Waals surface area contributed by atoms with Crippen LogP contribution in [-0.2, 0) is 5.41 Å². The molecule has 8 aromatic rings. The van der Waals surface area contributed by atoms with Crippen molar-refractivity contribution in [3.05, 3.63) is 157 Å². The highest BCUT2D eigenvalue weighted by atomic mass is 15.1. The van der Waals surface area contributed by atoms with E-state index in [9.17, 15) is 0 Å². The Morgan fingerprint density at radius 1 is 0.522 bits per heavy atom. The molecule has 0 fully saturated rings. The van der Waals surface area contributed by atoms with Crippen LogP contribution in [0, 0.1) is 0 Å². The lowest BCUT2D eigenvalue weighted by molar-refractivity contribution is 0.666. The molecule has 0 bridgehead atoms. The van der Waals surface area contributed by atoms with Gasteiger partial charge in [-0.3, -0.25) is 9.55 Å². The van der Waals surface area contributed by atoms with Gasteiger partial charge in [-0.15, -0.1) is 0 Å². The van der Waals surface area contributed by atoms with Gasteiger partial charge in [0.15, 0.2) is 5.82 Å². The quantitative estimate of drug-likeness (QED) is 0.205. The Balaban J connectivity index is 1.21. The third kappa shape index (κ3) is 3.97. The van der Waals surface area contributed by atoms with E-state index in [1.807, 2.05) is 48.8 Å². The molecule has 4 nitrogen and oxygen atoms in total. The number of aromatic nitrogens is 4. The predicted octanol–water partition coefficient (Wildman–Crippen LogP) is 10.3. The van der Waals surface area contributed by atoms with E-state index in [0.29, 0.717) is 0 Å². The van der Waals surface area contributed by atoms with Crippen LogP contribution in [0.25, 0.3) is 72.5 Å². The van der Waals surface area contributed by atoms with Crippen LogP contribution >= 0.6 is 0 Å². The highest BCUT2D eigenvalue weighted by molar-refractivity contribution is 6.14. The van der Waals surface area contributed by atoms with Gasteiger partial charge in [0.05, 0.1) is 40.5 Å². The summed E-state index contributed by atoms with van der Waals surface area (Å²) < 4.78 is 2.26. The summed E-state index contributed by atoms with van der Waals surface area (Å²) in [6.45, 7) is 4.69. The van der Waals surface area contributed by atoms with Crippen LogP contribution in [0.3, 0.4) is 0 Å². The number of nitrogens with zero attached hydrogens (tertiary/aromatic N) is 4. The number of rotatable bonds is 4. The summed E-state index contributed by atoms with van der Waals surface area (Å²) >= 11 is 0. The third-order valence-electron chi connectivity index (χ3n) is 9.48. The number of benzene rings is 5. The van der Waals surface area contributed by atoms with Crippen molar-refractivity contribution in [2.75, 3.05) is 0 Å². The normalized spacial score (nSPS) is 13.2. The molecule has 0 saturated carbocycles. The van der Waals surface area contributed by atoms with Gasteiger partial charge in [0, 0.05) is 32.9 Å². The number of hydrogen-bond acceptors (Lipinski definition) is 3. The molecule has 5 aromatic carbocycles. The average Bonchev–Trinajstić information content (AvgIpc) is 3.57. The lowest BCUT2D eigenvalue weighted by Gasteiger charge is -2.22. The molecule has 3 aromatic heterocycles. The number of para-hydroxylation sites is 1. The SMILES string of the molecule is CC1(C)c2ccccc2-c2ccc3c(c21)c1ccccc1n3-c1cnc(-c2cc(-c3ccccc3)nc(-c3ccccc3)c2)cn1. The molecule has 3 heterocycles. The highest BCUT2D eigenvalue weighted by Gasteiger charge is 2.38. The average molecular weight is 591 g/mol. The van der Waals surface area contributed by atoms with E-state index in [1.54, 1.807) is 0 Å². The maximum Gasteiger partial charge on any atom is 0.156 e. The van der Waals surface area contributed by atoms with Crippen molar-refractivity contribution in [3.63, 3.8) is 0 Å². The fraction of sp³-hybridized carbons (Fsp3) is 0.0714. The number of fused-ring (bicyclic) bond motifs is 7. The van der Waals surface area contributed by atoms with Gasteiger partial charge in [-0.1, -0.05) is 123 Å². The molecule has 218 valence electrons. The van der Waals surface area contributed by atoms with Crippen molar-refractivity contribution < 1.29 is 0 Å². The van der Waals surface area contributed by atoms with Crippen molar-refractivity contribution in [1.29, 1.82) is 0 Å². The van der Waals surface area contributed by atoms with Crippen molar-refractivity contribution in [3.8, 4) is 50.7 Å². The first-order valence-corrected chi connectivity index (χ1v) is 15.7. The molecule has 0 spiro atoms. The summed E-state index contributed by atoms with van der Waals surface area (Å²) in [5.41, 5.74) is 13.3. The third-order valence-corrected chi connectivity index (χ3v) is 9.48. The van der Waals surface area contributed by atoms with Gasteiger partial charge in [0.2, 0.25) is 0 Å². The van der Waals surface area contributed by atoms with Crippen LogP contribution < -0.4 is 0 Å². The van der Waals surface area contributed by atoms with Crippen LogP contribution in [0.2, 0.25) is 0 Å². The molecule has 4 heteroatoms. The minimum absolute atomic E-state index is 0.121. The molecule has 0 N–H and O–H groups in total. The van der Waals surface area contributed by atoms with Crippen molar-refractivity contribution >= 4 is 21.8 Å². The summed E-state index contributed by atoms with van der Waals surface area (Å²) in [7, 11) is 0. The summed E-state index contributed by atoms with van der Waals surface area (Å²) in [4.78, 5) is 15.1. The molecule has 0 atom stereocenters. The van der Waals surface area contributed by atoms with E-state index in [-0.39, 0.29) is 5.41 Å². The predicted molar refractivity (Wildman–Crippen MR) is 188 cm³/mol. The Morgan fingerprint density at radius 2 is 1.17 bits per heavy atom. The summed E-state index contributed by atoms with van der Waals surface area (Å²) in [6, 6.07) is 46.8. The highest BCUT2D eigenvalue weighted by Crippen LogP contribution is 2.53. The van der Waals surface area contributed by atoms with Crippen molar-refractivity contribution in [1.82, 2.24) is 19.5 Å². The van der Waals surface area contributed by atoms with E-state index >= 15 is 0 Å². The molecule has 9 rings (SSSR count). The molecule has 0 saturated heterocycles. The maximum absolute atomic E-state index is 5.05. The Hall–Kier alpha value is -5.87. The van der Waals surface area contributed by atoms with E-state index in [0.717, 1.165) is 50.6 Å². The molecule has 1 aliphatic rings. The Labute approximate surface area is 267 Å². The van der Waals surface area contributed by atoms with Gasteiger partial charge in [-0.25, -0.2) is 9.97 Å². The van der Waals surface area contributed by atoms with Gasteiger partial charge in [-0.05, 0) is 46.5 Å². The van der Waals surface area contributed by atoms with E-state index in [4.69, 9.17) is 15.0 Å². The van der Waals surface area contributed by atoms with Crippen LogP contribution in [0.15, 0.2) is 146 Å². The first kappa shape index (κ1) is 26.5. The van der Waals surface area contributed by atoms with E-state index in [1.165, 1.54) is 33.0 Å².